The number of amides is 1. The summed E-state index contributed by atoms with van der Waals surface area (Å²) in [6.07, 6.45) is 6.86. The van der Waals surface area contributed by atoms with Crippen molar-refractivity contribution in [3.8, 4) is 0 Å². The van der Waals surface area contributed by atoms with Crippen LogP contribution in [0.25, 0.3) is 0 Å². The predicted octanol–water partition coefficient (Wildman–Crippen LogP) is 1.41. The summed E-state index contributed by atoms with van der Waals surface area (Å²) in [5.41, 5.74) is 0.539. The van der Waals surface area contributed by atoms with E-state index in [-0.39, 0.29) is 5.92 Å². The molecule has 1 amide bonds. The number of ether oxygens (including phenoxy) is 1. The smallest absolute Gasteiger partial charge is 0.225 e. The van der Waals surface area contributed by atoms with E-state index >= 15 is 0 Å². The third-order valence-electron chi connectivity index (χ3n) is 5.37. The van der Waals surface area contributed by atoms with Gasteiger partial charge in [0.15, 0.2) is 0 Å². The Morgan fingerprint density at radius 1 is 1.05 bits per heavy atom. The Hall–Kier alpha value is -0.610. The first-order valence-corrected chi connectivity index (χ1v) is 7.86. The molecule has 4 nitrogen and oxygen atoms in total. The molecule has 0 saturated carbocycles. The van der Waals surface area contributed by atoms with Crippen LogP contribution >= 0.6 is 0 Å². The Morgan fingerprint density at radius 3 is 2.32 bits per heavy atom. The molecule has 0 aromatic heterocycles. The van der Waals surface area contributed by atoms with E-state index < -0.39 is 0 Å². The van der Waals surface area contributed by atoms with Crippen molar-refractivity contribution >= 4 is 5.91 Å². The summed E-state index contributed by atoms with van der Waals surface area (Å²) in [6, 6.07) is 0. The van der Waals surface area contributed by atoms with Gasteiger partial charge in [0, 0.05) is 32.2 Å². The molecule has 0 aromatic carbocycles. The average Bonchev–Trinajstić information content (AvgIpc) is 2.49. The number of carbonyl (C=O) groups excluding carboxylic acids is 1. The summed E-state index contributed by atoms with van der Waals surface area (Å²) < 4.78 is 5.35. The summed E-state index contributed by atoms with van der Waals surface area (Å²) in [7, 11) is 0. The van der Waals surface area contributed by atoms with E-state index in [1.54, 1.807) is 0 Å². The molecular weight excluding hydrogens is 240 g/mol. The van der Waals surface area contributed by atoms with Gasteiger partial charge in [-0.05, 0) is 57.0 Å². The molecule has 3 rings (SSSR count). The van der Waals surface area contributed by atoms with E-state index in [1.165, 1.54) is 25.7 Å². The fourth-order valence-corrected chi connectivity index (χ4v) is 3.86. The summed E-state index contributed by atoms with van der Waals surface area (Å²) >= 11 is 0. The van der Waals surface area contributed by atoms with E-state index in [1.807, 2.05) is 0 Å². The third kappa shape index (κ3) is 2.95. The van der Waals surface area contributed by atoms with Gasteiger partial charge in [0.2, 0.25) is 5.91 Å². The van der Waals surface area contributed by atoms with Crippen LogP contribution in [-0.2, 0) is 9.53 Å². The summed E-state index contributed by atoms with van der Waals surface area (Å²) in [4.78, 5) is 14.6. The first-order chi connectivity index (χ1) is 9.29. The van der Waals surface area contributed by atoms with E-state index in [2.05, 4.69) is 10.2 Å². The molecule has 0 radical (unpaired) electrons. The summed E-state index contributed by atoms with van der Waals surface area (Å²) in [5, 5.41) is 3.45. The molecule has 3 aliphatic heterocycles. The first kappa shape index (κ1) is 13.4. The standard InChI is InChI=1S/C15H26N2O2/c18-14(13-1-11-19-12-2-13)17-9-5-15(6-10-17)3-7-16-8-4-15/h13,16H,1-12H2. The van der Waals surface area contributed by atoms with Crippen molar-refractivity contribution in [3.63, 3.8) is 0 Å². The van der Waals surface area contributed by atoms with E-state index in [0.717, 1.165) is 52.2 Å². The molecule has 0 aromatic rings. The lowest BCUT2D eigenvalue weighted by molar-refractivity contribution is -0.141. The van der Waals surface area contributed by atoms with Crippen molar-refractivity contribution in [1.29, 1.82) is 0 Å². The fourth-order valence-electron chi connectivity index (χ4n) is 3.86. The molecule has 3 fully saturated rings. The zero-order valence-corrected chi connectivity index (χ0v) is 11.8. The Balaban J connectivity index is 1.52. The largest absolute Gasteiger partial charge is 0.381 e. The van der Waals surface area contributed by atoms with Crippen LogP contribution in [0.2, 0.25) is 0 Å². The lowest BCUT2D eigenvalue weighted by Crippen LogP contribution is -2.49. The molecule has 4 heteroatoms. The highest BCUT2D eigenvalue weighted by molar-refractivity contribution is 5.79. The lowest BCUT2D eigenvalue weighted by Gasteiger charge is -2.45. The number of hydrogen-bond donors (Lipinski definition) is 1. The van der Waals surface area contributed by atoms with E-state index in [9.17, 15) is 4.79 Å². The number of piperidine rings is 2. The average molecular weight is 266 g/mol. The molecule has 1 N–H and O–H groups in total. The van der Waals surface area contributed by atoms with Crippen LogP contribution in [0.4, 0.5) is 0 Å². The Morgan fingerprint density at radius 2 is 1.68 bits per heavy atom. The van der Waals surface area contributed by atoms with Gasteiger partial charge in [-0.15, -0.1) is 0 Å². The molecule has 0 unspecified atom stereocenters. The van der Waals surface area contributed by atoms with Gasteiger partial charge >= 0.3 is 0 Å². The van der Waals surface area contributed by atoms with E-state index in [4.69, 9.17) is 4.74 Å². The minimum atomic E-state index is 0.232. The first-order valence-electron chi connectivity index (χ1n) is 7.86. The second-order valence-corrected chi connectivity index (χ2v) is 6.46. The summed E-state index contributed by atoms with van der Waals surface area (Å²) in [6.45, 7) is 5.81. The Labute approximate surface area is 115 Å². The summed E-state index contributed by atoms with van der Waals surface area (Å²) in [5.74, 6) is 0.628. The molecule has 3 heterocycles. The molecule has 0 bridgehead atoms. The SMILES string of the molecule is O=C(C1CCOCC1)N1CCC2(CCNCC2)CC1. The van der Waals surface area contributed by atoms with Crippen molar-refractivity contribution in [1.82, 2.24) is 10.2 Å². The second-order valence-electron chi connectivity index (χ2n) is 6.46. The number of likely N-dealkylation sites (tertiary alicyclic amines) is 1. The topological polar surface area (TPSA) is 41.6 Å². The highest BCUT2D eigenvalue weighted by atomic mass is 16.5. The van der Waals surface area contributed by atoms with Crippen LogP contribution in [-0.4, -0.2) is 50.2 Å². The van der Waals surface area contributed by atoms with Crippen LogP contribution in [0, 0.1) is 11.3 Å². The minimum Gasteiger partial charge on any atom is -0.381 e. The van der Waals surface area contributed by atoms with Gasteiger partial charge in [-0.1, -0.05) is 0 Å². The van der Waals surface area contributed by atoms with Crippen molar-refractivity contribution in [2.24, 2.45) is 11.3 Å². The monoisotopic (exact) mass is 266 g/mol. The van der Waals surface area contributed by atoms with Gasteiger partial charge in [-0.25, -0.2) is 0 Å². The number of carbonyl (C=O) groups is 1. The number of hydrogen-bond acceptors (Lipinski definition) is 3. The van der Waals surface area contributed by atoms with Gasteiger partial charge in [0.25, 0.3) is 0 Å². The molecular formula is C15H26N2O2. The van der Waals surface area contributed by atoms with Gasteiger partial charge in [0.1, 0.15) is 0 Å². The van der Waals surface area contributed by atoms with Crippen molar-refractivity contribution in [3.05, 3.63) is 0 Å². The Bertz CT molecular complexity index is 310. The maximum atomic E-state index is 12.5. The number of nitrogens with one attached hydrogen (secondary N) is 1. The third-order valence-corrected chi connectivity index (χ3v) is 5.37. The molecule has 108 valence electrons. The predicted molar refractivity (Wildman–Crippen MR) is 73.9 cm³/mol. The highest BCUT2D eigenvalue weighted by Gasteiger charge is 2.38. The van der Waals surface area contributed by atoms with Gasteiger partial charge in [-0.2, -0.15) is 0 Å². The van der Waals surface area contributed by atoms with Crippen LogP contribution in [0.15, 0.2) is 0 Å². The normalized spacial score (nSPS) is 28.5. The maximum absolute atomic E-state index is 12.5. The molecule has 3 aliphatic rings. The van der Waals surface area contributed by atoms with Gasteiger partial charge in [0.05, 0.1) is 0 Å². The fraction of sp³-hybridized carbons (Fsp3) is 0.933. The molecule has 0 atom stereocenters. The van der Waals surface area contributed by atoms with Crippen molar-refractivity contribution < 1.29 is 9.53 Å². The van der Waals surface area contributed by atoms with E-state index in [0.29, 0.717) is 11.3 Å². The zero-order chi connectivity index (χ0) is 13.1. The number of nitrogens with zero attached hydrogens (tertiary/aromatic N) is 1. The maximum Gasteiger partial charge on any atom is 0.225 e. The Kier molecular flexibility index (Phi) is 4.08. The number of rotatable bonds is 1. The van der Waals surface area contributed by atoms with Crippen LogP contribution < -0.4 is 5.32 Å². The minimum absolute atomic E-state index is 0.232. The van der Waals surface area contributed by atoms with Crippen LogP contribution in [0.1, 0.15) is 38.5 Å². The molecule has 0 aliphatic carbocycles. The van der Waals surface area contributed by atoms with Gasteiger partial charge < -0.3 is 15.0 Å². The zero-order valence-electron chi connectivity index (χ0n) is 11.8. The highest BCUT2D eigenvalue weighted by Crippen LogP contribution is 2.39. The quantitative estimate of drug-likeness (QED) is 0.780. The van der Waals surface area contributed by atoms with Crippen LogP contribution in [0.5, 0.6) is 0 Å². The van der Waals surface area contributed by atoms with Gasteiger partial charge in [-0.3, -0.25) is 4.79 Å². The molecule has 1 spiro atoms. The van der Waals surface area contributed by atoms with Crippen molar-refractivity contribution in [2.75, 3.05) is 39.4 Å². The molecule has 19 heavy (non-hydrogen) atoms. The second kappa shape index (κ2) is 5.80. The van der Waals surface area contributed by atoms with Crippen molar-refractivity contribution in [2.45, 2.75) is 38.5 Å². The molecule has 3 saturated heterocycles. The lowest BCUT2D eigenvalue weighted by atomic mass is 9.71. The van der Waals surface area contributed by atoms with Crippen LogP contribution in [0.3, 0.4) is 0 Å².